The predicted octanol–water partition coefficient (Wildman–Crippen LogP) is 0.260. The van der Waals surface area contributed by atoms with Crippen molar-refractivity contribution in [3.63, 3.8) is 0 Å². The molecule has 0 fully saturated rings. The van der Waals surface area contributed by atoms with Gasteiger partial charge in [-0.05, 0) is 12.1 Å². The van der Waals surface area contributed by atoms with E-state index < -0.39 is 11.7 Å². The molecule has 0 aliphatic heterocycles. The maximum Gasteiger partial charge on any atom is 0.349 e. The number of esters is 1. The molecule has 0 saturated carbocycles. The lowest BCUT2D eigenvalue weighted by atomic mass is 10.3. The number of carbonyl (C=O) groups is 1. The summed E-state index contributed by atoms with van der Waals surface area (Å²) in [4.78, 5) is 39.6. The Morgan fingerprint density at radius 1 is 1.37 bits per heavy atom. The van der Waals surface area contributed by atoms with Crippen molar-refractivity contribution in [3.05, 3.63) is 46.9 Å². The standard InChI is InChI=1S/C11H7N5O3/c17-10(6-2-1-3-12-4-6)19-9-7-8(14-5-13-7)15-11(18)16-9/h1-5H,(H2,13,14,15,16,18). The monoisotopic (exact) mass is 257 g/mol. The van der Waals surface area contributed by atoms with Gasteiger partial charge in [0, 0.05) is 12.4 Å². The van der Waals surface area contributed by atoms with Crippen LogP contribution in [-0.4, -0.2) is 30.9 Å². The highest BCUT2D eigenvalue weighted by Crippen LogP contribution is 2.16. The van der Waals surface area contributed by atoms with Gasteiger partial charge in [-0.2, -0.15) is 4.98 Å². The van der Waals surface area contributed by atoms with Crippen LogP contribution in [0.3, 0.4) is 0 Å². The number of aromatic amines is 2. The Labute approximate surface area is 105 Å². The van der Waals surface area contributed by atoms with E-state index in [2.05, 4.69) is 24.9 Å². The van der Waals surface area contributed by atoms with Gasteiger partial charge >= 0.3 is 11.7 Å². The molecule has 0 radical (unpaired) electrons. The van der Waals surface area contributed by atoms with Gasteiger partial charge < -0.3 is 9.72 Å². The lowest BCUT2D eigenvalue weighted by Crippen LogP contribution is -2.16. The molecule has 3 aromatic heterocycles. The third-order valence-corrected chi connectivity index (χ3v) is 2.37. The van der Waals surface area contributed by atoms with E-state index in [0.29, 0.717) is 5.52 Å². The van der Waals surface area contributed by atoms with Crippen LogP contribution in [0.5, 0.6) is 5.88 Å². The number of rotatable bonds is 2. The number of nitrogens with zero attached hydrogens (tertiary/aromatic N) is 3. The van der Waals surface area contributed by atoms with Crippen molar-refractivity contribution in [2.24, 2.45) is 0 Å². The first-order chi connectivity index (χ1) is 9.24. The van der Waals surface area contributed by atoms with E-state index in [4.69, 9.17) is 4.74 Å². The Hall–Kier alpha value is -3.03. The molecular formula is C11H7N5O3. The maximum absolute atomic E-state index is 11.8. The molecule has 19 heavy (non-hydrogen) atoms. The van der Waals surface area contributed by atoms with Crippen LogP contribution in [0.2, 0.25) is 0 Å². The molecule has 3 aromatic rings. The predicted molar refractivity (Wildman–Crippen MR) is 63.7 cm³/mol. The molecule has 0 aromatic carbocycles. The molecule has 3 rings (SSSR count). The van der Waals surface area contributed by atoms with Crippen LogP contribution in [0.1, 0.15) is 10.4 Å². The number of pyridine rings is 1. The molecule has 0 bridgehead atoms. The molecule has 0 atom stereocenters. The van der Waals surface area contributed by atoms with Crippen LogP contribution >= 0.6 is 0 Å². The van der Waals surface area contributed by atoms with Crippen LogP contribution in [0.25, 0.3) is 11.2 Å². The zero-order valence-electron chi connectivity index (χ0n) is 9.45. The first kappa shape index (κ1) is 11.1. The number of fused-ring (bicyclic) bond motifs is 1. The highest BCUT2D eigenvalue weighted by Gasteiger charge is 2.14. The minimum Gasteiger partial charge on any atom is -0.401 e. The number of aromatic nitrogens is 5. The average molecular weight is 257 g/mol. The smallest absolute Gasteiger partial charge is 0.349 e. The van der Waals surface area contributed by atoms with E-state index in [9.17, 15) is 9.59 Å². The quantitative estimate of drug-likeness (QED) is 0.636. The van der Waals surface area contributed by atoms with E-state index >= 15 is 0 Å². The zero-order chi connectivity index (χ0) is 13.2. The Bertz CT molecular complexity index is 793. The van der Waals surface area contributed by atoms with Gasteiger partial charge in [0.15, 0.2) is 5.65 Å². The van der Waals surface area contributed by atoms with E-state index in [-0.39, 0.29) is 17.1 Å². The summed E-state index contributed by atoms with van der Waals surface area (Å²) in [5, 5.41) is 0. The highest BCUT2D eigenvalue weighted by molar-refractivity contribution is 5.92. The number of nitrogens with one attached hydrogen (secondary N) is 2. The number of ether oxygens (including phenoxy) is 1. The molecule has 0 aliphatic carbocycles. The fourth-order valence-electron chi connectivity index (χ4n) is 1.53. The molecule has 8 heteroatoms. The topological polar surface area (TPSA) is 114 Å². The van der Waals surface area contributed by atoms with Crippen LogP contribution in [-0.2, 0) is 0 Å². The van der Waals surface area contributed by atoms with Gasteiger partial charge in [0.25, 0.3) is 5.88 Å². The summed E-state index contributed by atoms with van der Waals surface area (Å²) in [5.41, 5.74) is 0.233. The Balaban J connectivity index is 2.00. The third-order valence-electron chi connectivity index (χ3n) is 2.37. The van der Waals surface area contributed by atoms with Crippen molar-refractivity contribution in [1.82, 2.24) is 24.9 Å². The van der Waals surface area contributed by atoms with Crippen molar-refractivity contribution < 1.29 is 9.53 Å². The Morgan fingerprint density at radius 2 is 2.26 bits per heavy atom. The normalized spacial score (nSPS) is 10.5. The summed E-state index contributed by atoms with van der Waals surface area (Å²) in [6, 6.07) is 3.15. The zero-order valence-corrected chi connectivity index (χ0v) is 9.45. The summed E-state index contributed by atoms with van der Waals surface area (Å²) in [6.07, 6.45) is 4.26. The van der Waals surface area contributed by atoms with Gasteiger partial charge in [-0.1, -0.05) is 0 Å². The molecule has 0 saturated heterocycles. The van der Waals surface area contributed by atoms with E-state index in [0.717, 1.165) is 0 Å². The van der Waals surface area contributed by atoms with Crippen LogP contribution in [0, 0.1) is 0 Å². The van der Waals surface area contributed by atoms with Crippen LogP contribution in [0.4, 0.5) is 0 Å². The second-order valence-corrected chi connectivity index (χ2v) is 3.60. The van der Waals surface area contributed by atoms with E-state index in [1.165, 1.54) is 18.7 Å². The molecule has 0 amide bonds. The average Bonchev–Trinajstić information content (AvgIpc) is 2.88. The fraction of sp³-hybridized carbons (Fsp3) is 0. The summed E-state index contributed by atoms with van der Waals surface area (Å²) in [7, 11) is 0. The van der Waals surface area contributed by atoms with Crippen LogP contribution < -0.4 is 10.4 Å². The molecule has 3 heterocycles. The molecular weight excluding hydrogens is 250 g/mol. The summed E-state index contributed by atoms with van der Waals surface area (Å²) >= 11 is 0. The number of H-pyrrole nitrogens is 2. The Morgan fingerprint density at radius 3 is 3.05 bits per heavy atom. The minimum atomic E-state index is -0.651. The van der Waals surface area contributed by atoms with Gasteiger partial charge in [-0.15, -0.1) is 0 Å². The number of hydrogen-bond acceptors (Lipinski definition) is 6. The van der Waals surface area contributed by atoms with Gasteiger partial charge in [0.05, 0.1) is 11.9 Å². The van der Waals surface area contributed by atoms with E-state index in [1.807, 2.05) is 0 Å². The second kappa shape index (κ2) is 4.33. The Kier molecular flexibility index (Phi) is 2.53. The van der Waals surface area contributed by atoms with Crippen molar-refractivity contribution >= 4 is 17.1 Å². The van der Waals surface area contributed by atoms with Gasteiger partial charge in [0.1, 0.15) is 5.52 Å². The molecule has 2 N–H and O–H groups in total. The second-order valence-electron chi connectivity index (χ2n) is 3.60. The highest BCUT2D eigenvalue weighted by atomic mass is 16.5. The molecule has 8 nitrogen and oxygen atoms in total. The minimum absolute atomic E-state index is 0.120. The van der Waals surface area contributed by atoms with Crippen molar-refractivity contribution in [3.8, 4) is 5.88 Å². The van der Waals surface area contributed by atoms with Crippen molar-refractivity contribution in [1.29, 1.82) is 0 Å². The van der Waals surface area contributed by atoms with Gasteiger partial charge in [0.2, 0.25) is 0 Å². The first-order valence-corrected chi connectivity index (χ1v) is 5.29. The number of imidazole rings is 1. The van der Waals surface area contributed by atoms with Gasteiger partial charge in [-0.3, -0.25) is 9.97 Å². The first-order valence-electron chi connectivity index (χ1n) is 5.29. The van der Waals surface area contributed by atoms with Gasteiger partial charge in [-0.25, -0.2) is 14.6 Å². The molecule has 0 unspecified atom stereocenters. The fourth-order valence-corrected chi connectivity index (χ4v) is 1.53. The summed E-state index contributed by atoms with van der Waals surface area (Å²) in [6.45, 7) is 0. The lowest BCUT2D eigenvalue weighted by molar-refractivity contribution is 0.0729. The number of carbonyl (C=O) groups excluding carboxylic acids is 1. The van der Waals surface area contributed by atoms with E-state index in [1.54, 1.807) is 12.1 Å². The molecule has 0 aliphatic rings. The van der Waals surface area contributed by atoms with Crippen molar-refractivity contribution in [2.45, 2.75) is 0 Å². The third kappa shape index (κ3) is 2.06. The van der Waals surface area contributed by atoms with Crippen LogP contribution in [0.15, 0.2) is 35.6 Å². The number of hydrogen-bond donors (Lipinski definition) is 2. The SMILES string of the molecule is O=C(Oc1nc(=O)[nH]c2nc[nH]c12)c1cccnc1. The van der Waals surface area contributed by atoms with Crippen molar-refractivity contribution in [2.75, 3.05) is 0 Å². The summed E-state index contributed by atoms with van der Waals surface area (Å²) in [5.74, 6) is -0.771. The summed E-state index contributed by atoms with van der Waals surface area (Å²) < 4.78 is 5.07. The molecule has 94 valence electrons. The molecule has 0 spiro atoms. The lowest BCUT2D eigenvalue weighted by Gasteiger charge is -2.02. The largest absolute Gasteiger partial charge is 0.401 e. The maximum atomic E-state index is 11.8.